The summed E-state index contributed by atoms with van der Waals surface area (Å²) in [6.45, 7) is 3.87. The van der Waals surface area contributed by atoms with Crippen molar-refractivity contribution in [1.29, 1.82) is 0 Å². The third-order valence-electron chi connectivity index (χ3n) is 5.20. The van der Waals surface area contributed by atoms with Gasteiger partial charge in [0.15, 0.2) is 17.5 Å². The second-order valence-corrected chi connectivity index (χ2v) is 7.18. The van der Waals surface area contributed by atoms with Crippen LogP contribution in [0.4, 0.5) is 10.1 Å². The Balaban J connectivity index is 0.00000363. The second-order valence-electron chi connectivity index (χ2n) is 7.18. The number of halogens is 2. The molecule has 0 aliphatic carbocycles. The normalized spacial score (nSPS) is 13.9. The van der Waals surface area contributed by atoms with Crippen LogP contribution in [0.2, 0.25) is 0 Å². The van der Waals surface area contributed by atoms with Gasteiger partial charge in [0.2, 0.25) is 0 Å². The summed E-state index contributed by atoms with van der Waals surface area (Å²) in [4.78, 5) is 6.26. The first kappa shape index (κ1) is 26.0. The van der Waals surface area contributed by atoms with Crippen molar-refractivity contribution < 1.29 is 18.6 Å². The second kappa shape index (κ2) is 13.3. The van der Waals surface area contributed by atoms with E-state index in [1.54, 1.807) is 27.3 Å². The van der Waals surface area contributed by atoms with Gasteiger partial charge in [-0.2, -0.15) is 0 Å². The average molecular weight is 558 g/mol. The van der Waals surface area contributed by atoms with Gasteiger partial charge in [0.1, 0.15) is 5.82 Å². The van der Waals surface area contributed by atoms with E-state index >= 15 is 0 Å². The summed E-state index contributed by atoms with van der Waals surface area (Å²) in [6, 6.07) is 11.2. The minimum Gasteiger partial charge on any atom is -0.493 e. The Morgan fingerprint density at radius 2 is 1.75 bits per heavy atom. The minimum absolute atomic E-state index is 0. The summed E-state index contributed by atoms with van der Waals surface area (Å²) in [6.07, 6.45) is 0.796. The van der Waals surface area contributed by atoms with Gasteiger partial charge in [-0.3, -0.25) is 4.99 Å². The summed E-state index contributed by atoms with van der Waals surface area (Å²) >= 11 is 0. The van der Waals surface area contributed by atoms with Gasteiger partial charge >= 0.3 is 0 Å². The zero-order valence-corrected chi connectivity index (χ0v) is 21.1. The maximum Gasteiger partial charge on any atom is 0.191 e. The number of hydrogen-bond donors (Lipinski definition) is 2. The smallest absolute Gasteiger partial charge is 0.191 e. The molecule has 0 aromatic heterocycles. The summed E-state index contributed by atoms with van der Waals surface area (Å²) in [5, 5.41) is 6.52. The molecule has 1 aliphatic rings. The average Bonchev–Trinajstić information content (AvgIpc) is 2.81. The van der Waals surface area contributed by atoms with E-state index in [2.05, 4.69) is 15.6 Å². The van der Waals surface area contributed by atoms with Gasteiger partial charge in [-0.25, -0.2) is 4.39 Å². The monoisotopic (exact) mass is 558 g/mol. The van der Waals surface area contributed by atoms with Crippen molar-refractivity contribution in [3.63, 3.8) is 0 Å². The van der Waals surface area contributed by atoms with Crippen LogP contribution in [0.15, 0.2) is 41.4 Å². The van der Waals surface area contributed by atoms with E-state index in [1.165, 1.54) is 0 Å². The Morgan fingerprint density at radius 1 is 1.03 bits per heavy atom. The Hall–Kier alpha value is -2.27. The molecule has 7 nitrogen and oxygen atoms in total. The van der Waals surface area contributed by atoms with Crippen LogP contribution in [-0.4, -0.2) is 60.1 Å². The van der Waals surface area contributed by atoms with Crippen molar-refractivity contribution in [2.24, 2.45) is 4.99 Å². The molecule has 1 saturated heterocycles. The minimum atomic E-state index is -0.211. The highest BCUT2D eigenvalue weighted by Crippen LogP contribution is 2.27. The van der Waals surface area contributed by atoms with Crippen molar-refractivity contribution in [3.05, 3.63) is 53.3 Å². The largest absolute Gasteiger partial charge is 0.493 e. The highest BCUT2D eigenvalue weighted by molar-refractivity contribution is 14.0. The van der Waals surface area contributed by atoms with Gasteiger partial charge in [-0.05, 0) is 41.8 Å². The number of ether oxygens (including phenoxy) is 3. The van der Waals surface area contributed by atoms with Crippen molar-refractivity contribution >= 4 is 35.6 Å². The molecule has 32 heavy (non-hydrogen) atoms. The van der Waals surface area contributed by atoms with Gasteiger partial charge in [-0.1, -0.05) is 12.1 Å². The highest BCUT2D eigenvalue weighted by Gasteiger charge is 2.15. The number of guanidine groups is 1. The number of aliphatic imine (C=N–C) groups is 1. The van der Waals surface area contributed by atoms with E-state index in [0.29, 0.717) is 62.5 Å². The topological polar surface area (TPSA) is 67.4 Å². The molecule has 3 rings (SSSR count). The predicted molar refractivity (Wildman–Crippen MR) is 136 cm³/mol. The van der Waals surface area contributed by atoms with Crippen LogP contribution >= 0.6 is 24.0 Å². The van der Waals surface area contributed by atoms with Crippen LogP contribution in [0.5, 0.6) is 11.5 Å². The molecule has 176 valence electrons. The number of rotatable bonds is 8. The van der Waals surface area contributed by atoms with Crippen LogP contribution in [0.25, 0.3) is 0 Å². The molecule has 0 atom stereocenters. The predicted octanol–water partition coefficient (Wildman–Crippen LogP) is 3.21. The van der Waals surface area contributed by atoms with Crippen molar-refractivity contribution in [2.45, 2.75) is 13.0 Å². The summed E-state index contributed by atoms with van der Waals surface area (Å²) in [7, 11) is 4.96. The lowest BCUT2D eigenvalue weighted by Gasteiger charge is -2.29. The quantitative estimate of drug-likeness (QED) is 0.295. The zero-order chi connectivity index (χ0) is 22.1. The van der Waals surface area contributed by atoms with Crippen LogP contribution in [-0.2, 0) is 17.7 Å². The maximum atomic E-state index is 14.6. The lowest BCUT2D eigenvalue weighted by atomic mass is 10.1. The first-order chi connectivity index (χ1) is 15.1. The standard InChI is InChI=1S/C23H31FN4O3.HI/c1-25-23(26-9-8-17-5-7-21(29-2)22(15-17)30-3)27-16-18-4-6-20(19(24)14-18)28-10-12-31-13-11-28;/h4-7,14-15H,8-13,16H2,1-3H3,(H2,25,26,27);1H. The first-order valence-electron chi connectivity index (χ1n) is 10.4. The lowest BCUT2D eigenvalue weighted by Crippen LogP contribution is -2.38. The number of methoxy groups -OCH3 is 2. The van der Waals surface area contributed by atoms with E-state index in [4.69, 9.17) is 14.2 Å². The molecule has 0 unspecified atom stereocenters. The third kappa shape index (κ3) is 7.13. The molecule has 0 amide bonds. The fourth-order valence-corrected chi connectivity index (χ4v) is 3.49. The number of nitrogens with one attached hydrogen (secondary N) is 2. The van der Waals surface area contributed by atoms with Crippen LogP contribution in [0.1, 0.15) is 11.1 Å². The summed E-state index contributed by atoms with van der Waals surface area (Å²) in [5.74, 6) is 1.88. The van der Waals surface area contributed by atoms with E-state index in [0.717, 1.165) is 17.5 Å². The molecule has 2 aromatic rings. The molecular weight excluding hydrogens is 526 g/mol. The Bertz CT molecular complexity index is 892. The fourth-order valence-electron chi connectivity index (χ4n) is 3.49. The van der Waals surface area contributed by atoms with E-state index in [-0.39, 0.29) is 29.8 Å². The third-order valence-corrected chi connectivity index (χ3v) is 5.20. The van der Waals surface area contributed by atoms with Gasteiger partial charge < -0.3 is 29.7 Å². The molecule has 0 bridgehead atoms. The Kier molecular flexibility index (Phi) is 10.8. The molecule has 0 spiro atoms. The number of nitrogens with zero attached hydrogens (tertiary/aromatic N) is 2. The molecular formula is C23H32FIN4O3. The van der Waals surface area contributed by atoms with E-state index in [9.17, 15) is 4.39 Å². The molecule has 2 N–H and O–H groups in total. The Labute approximate surface area is 206 Å². The van der Waals surface area contributed by atoms with E-state index in [1.807, 2.05) is 35.2 Å². The molecule has 0 saturated carbocycles. The first-order valence-corrected chi connectivity index (χ1v) is 10.4. The maximum absolute atomic E-state index is 14.6. The number of anilines is 1. The van der Waals surface area contributed by atoms with Crippen LogP contribution < -0.4 is 25.0 Å². The number of benzene rings is 2. The van der Waals surface area contributed by atoms with Crippen molar-refractivity contribution in [2.75, 3.05) is 59.0 Å². The summed E-state index contributed by atoms with van der Waals surface area (Å²) < 4.78 is 30.5. The van der Waals surface area contributed by atoms with Gasteiger partial charge in [0.25, 0.3) is 0 Å². The van der Waals surface area contributed by atoms with Crippen LogP contribution in [0.3, 0.4) is 0 Å². The SMILES string of the molecule is CN=C(NCCc1ccc(OC)c(OC)c1)NCc1ccc(N2CCOCC2)c(F)c1.I. The van der Waals surface area contributed by atoms with Crippen molar-refractivity contribution in [3.8, 4) is 11.5 Å². The van der Waals surface area contributed by atoms with Gasteiger partial charge in [0.05, 0.1) is 33.1 Å². The van der Waals surface area contributed by atoms with Crippen LogP contribution in [0, 0.1) is 5.82 Å². The number of morpholine rings is 1. The molecule has 2 aromatic carbocycles. The zero-order valence-electron chi connectivity index (χ0n) is 18.8. The molecule has 1 heterocycles. The van der Waals surface area contributed by atoms with Gasteiger partial charge in [-0.15, -0.1) is 24.0 Å². The molecule has 1 aliphatic heterocycles. The molecule has 1 fully saturated rings. The highest BCUT2D eigenvalue weighted by atomic mass is 127. The summed E-state index contributed by atoms with van der Waals surface area (Å²) in [5.41, 5.74) is 2.61. The molecule has 9 heteroatoms. The van der Waals surface area contributed by atoms with E-state index < -0.39 is 0 Å². The Morgan fingerprint density at radius 3 is 2.41 bits per heavy atom. The van der Waals surface area contributed by atoms with Crippen molar-refractivity contribution in [1.82, 2.24) is 10.6 Å². The molecule has 0 radical (unpaired) electrons. The lowest BCUT2D eigenvalue weighted by molar-refractivity contribution is 0.122. The van der Waals surface area contributed by atoms with Gasteiger partial charge in [0, 0.05) is 33.2 Å². The number of hydrogen-bond acceptors (Lipinski definition) is 5. The fraction of sp³-hybridized carbons (Fsp3) is 0.435.